The van der Waals surface area contributed by atoms with Crippen molar-refractivity contribution in [3.05, 3.63) is 28.7 Å². The Morgan fingerprint density at radius 2 is 2.33 bits per heavy atom. The third-order valence-corrected chi connectivity index (χ3v) is 3.40. The fraction of sp³-hybridized carbons (Fsp3) is 0.364. The average molecular weight is 266 g/mol. The monoisotopic (exact) mass is 266 g/mol. The highest BCUT2D eigenvalue weighted by molar-refractivity contribution is 7.18. The molecule has 0 saturated heterocycles. The number of methoxy groups -OCH3 is 1. The molecular weight excluding hydrogens is 252 g/mol. The maximum absolute atomic E-state index is 12.2. The van der Waals surface area contributed by atoms with Gasteiger partial charge in [-0.2, -0.15) is 0 Å². The van der Waals surface area contributed by atoms with Gasteiger partial charge >= 0.3 is 0 Å². The van der Waals surface area contributed by atoms with E-state index in [0.29, 0.717) is 28.9 Å². The average Bonchev–Trinajstić information content (AvgIpc) is 2.86. The summed E-state index contributed by atoms with van der Waals surface area (Å²) in [5.74, 6) is 0. The zero-order valence-corrected chi connectivity index (χ0v) is 11.0. The van der Waals surface area contributed by atoms with E-state index in [0.717, 1.165) is 0 Å². The van der Waals surface area contributed by atoms with Gasteiger partial charge in [-0.15, -0.1) is 10.2 Å². The van der Waals surface area contributed by atoms with E-state index in [1.165, 1.54) is 11.3 Å². The molecule has 7 heteroatoms. The van der Waals surface area contributed by atoms with Crippen molar-refractivity contribution >= 4 is 16.5 Å². The van der Waals surface area contributed by atoms with Gasteiger partial charge in [-0.3, -0.25) is 4.79 Å². The minimum Gasteiger partial charge on any atom is -0.383 e. The van der Waals surface area contributed by atoms with Crippen LogP contribution in [0.2, 0.25) is 0 Å². The van der Waals surface area contributed by atoms with Crippen molar-refractivity contribution in [1.29, 1.82) is 0 Å². The van der Waals surface area contributed by atoms with Crippen LogP contribution in [-0.2, 0) is 11.3 Å². The zero-order chi connectivity index (χ0) is 13.0. The maximum atomic E-state index is 12.2. The molecular formula is C11H14N4O2S. The molecule has 0 amide bonds. The number of pyridine rings is 1. The Kier molecular flexibility index (Phi) is 4.06. The molecule has 0 fully saturated rings. The first-order valence-corrected chi connectivity index (χ1v) is 6.28. The van der Waals surface area contributed by atoms with E-state index in [1.54, 1.807) is 31.0 Å². The molecule has 0 aliphatic rings. The lowest BCUT2D eigenvalue weighted by atomic mass is 10.3. The number of nitrogens with zero attached hydrogens (tertiary/aromatic N) is 3. The molecule has 6 nitrogen and oxygen atoms in total. The molecule has 0 atom stereocenters. The smallest absolute Gasteiger partial charge is 0.261 e. The van der Waals surface area contributed by atoms with Crippen molar-refractivity contribution in [2.75, 3.05) is 26.1 Å². The molecule has 0 aromatic carbocycles. The van der Waals surface area contributed by atoms with Gasteiger partial charge in [0.15, 0.2) is 5.01 Å². The summed E-state index contributed by atoms with van der Waals surface area (Å²) in [4.78, 5) is 12.2. The molecule has 2 aromatic heterocycles. The molecule has 0 spiro atoms. The fourth-order valence-corrected chi connectivity index (χ4v) is 2.21. The normalized spacial score (nSPS) is 10.6. The summed E-state index contributed by atoms with van der Waals surface area (Å²) in [6, 6.07) is 3.58. The van der Waals surface area contributed by atoms with Crippen molar-refractivity contribution in [1.82, 2.24) is 14.8 Å². The number of rotatable bonds is 5. The third kappa shape index (κ3) is 2.57. The Bertz CT molecular complexity index is 578. The first-order chi connectivity index (χ1) is 8.76. The summed E-state index contributed by atoms with van der Waals surface area (Å²) in [7, 11) is 3.38. The van der Waals surface area contributed by atoms with Crippen molar-refractivity contribution in [3.8, 4) is 10.6 Å². The fourth-order valence-electron chi connectivity index (χ4n) is 1.50. The number of ether oxygens (including phenoxy) is 1. The van der Waals surface area contributed by atoms with Gasteiger partial charge < -0.3 is 14.6 Å². The van der Waals surface area contributed by atoms with Crippen LogP contribution in [-0.4, -0.2) is 35.5 Å². The minimum atomic E-state index is -0.0756. The van der Waals surface area contributed by atoms with Gasteiger partial charge in [-0.1, -0.05) is 11.3 Å². The highest BCUT2D eigenvalue weighted by Crippen LogP contribution is 2.22. The molecule has 0 unspecified atom stereocenters. The number of aromatic nitrogens is 3. The molecule has 96 valence electrons. The number of anilines is 1. The van der Waals surface area contributed by atoms with Crippen LogP contribution < -0.4 is 10.9 Å². The molecule has 0 aliphatic carbocycles. The van der Waals surface area contributed by atoms with Gasteiger partial charge in [0.2, 0.25) is 5.13 Å². The van der Waals surface area contributed by atoms with Gasteiger partial charge in [0.1, 0.15) is 0 Å². The van der Waals surface area contributed by atoms with E-state index in [2.05, 4.69) is 15.5 Å². The second-order valence-electron chi connectivity index (χ2n) is 3.58. The van der Waals surface area contributed by atoms with Crippen molar-refractivity contribution in [3.63, 3.8) is 0 Å². The summed E-state index contributed by atoms with van der Waals surface area (Å²) >= 11 is 1.35. The lowest BCUT2D eigenvalue weighted by Crippen LogP contribution is -2.22. The van der Waals surface area contributed by atoms with Gasteiger partial charge in [0.05, 0.1) is 12.2 Å². The van der Waals surface area contributed by atoms with Crippen LogP contribution in [0.1, 0.15) is 0 Å². The number of hydrogen-bond acceptors (Lipinski definition) is 6. The largest absolute Gasteiger partial charge is 0.383 e. The molecule has 2 rings (SSSR count). The van der Waals surface area contributed by atoms with Crippen LogP contribution in [0.3, 0.4) is 0 Å². The van der Waals surface area contributed by atoms with E-state index in [1.807, 2.05) is 6.07 Å². The molecule has 0 saturated carbocycles. The minimum absolute atomic E-state index is 0.0756. The summed E-state index contributed by atoms with van der Waals surface area (Å²) in [6.07, 6.45) is 1.74. The van der Waals surface area contributed by atoms with Crippen LogP contribution in [0, 0.1) is 0 Å². The second kappa shape index (κ2) is 5.74. The van der Waals surface area contributed by atoms with E-state index in [-0.39, 0.29) is 5.56 Å². The third-order valence-electron chi connectivity index (χ3n) is 2.43. The molecule has 2 heterocycles. The van der Waals surface area contributed by atoms with Crippen molar-refractivity contribution < 1.29 is 4.74 Å². The molecule has 18 heavy (non-hydrogen) atoms. The quantitative estimate of drug-likeness (QED) is 0.876. The van der Waals surface area contributed by atoms with Gasteiger partial charge in [-0.05, 0) is 12.1 Å². The number of nitrogens with one attached hydrogen (secondary N) is 1. The molecule has 0 radical (unpaired) electrons. The van der Waals surface area contributed by atoms with E-state index in [9.17, 15) is 4.79 Å². The van der Waals surface area contributed by atoms with E-state index in [4.69, 9.17) is 4.74 Å². The lowest BCUT2D eigenvalue weighted by molar-refractivity contribution is 0.186. The van der Waals surface area contributed by atoms with Crippen LogP contribution in [0.5, 0.6) is 0 Å². The summed E-state index contributed by atoms with van der Waals surface area (Å²) in [5, 5.41) is 12.1. The Labute approximate surface area is 108 Å². The van der Waals surface area contributed by atoms with Crippen LogP contribution in [0.4, 0.5) is 5.13 Å². The number of hydrogen-bond donors (Lipinski definition) is 1. The van der Waals surface area contributed by atoms with Crippen LogP contribution in [0.15, 0.2) is 23.1 Å². The maximum Gasteiger partial charge on any atom is 0.261 e. The standard InChI is InChI=1S/C11H14N4O2S/c1-12-11-14-13-9(18-11)8-4-3-5-15(10(8)16)6-7-17-2/h3-5H,6-7H2,1-2H3,(H,12,14). The van der Waals surface area contributed by atoms with Crippen LogP contribution >= 0.6 is 11.3 Å². The lowest BCUT2D eigenvalue weighted by Gasteiger charge is -2.05. The molecule has 0 bridgehead atoms. The molecule has 2 aromatic rings. The van der Waals surface area contributed by atoms with Crippen LogP contribution in [0.25, 0.3) is 10.6 Å². The van der Waals surface area contributed by atoms with E-state index >= 15 is 0 Å². The Morgan fingerprint density at radius 1 is 1.50 bits per heavy atom. The highest BCUT2D eigenvalue weighted by atomic mass is 32.1. The first kappa shape index (κ1) is 12.7. The molecule has 1 N–H and O–H groups in total. The van der Waals surface area contributed by atoms with Gasteiger partial charge in [0, 0.05) is 26.9 Å². The predicted octanol–water partition coefficient (Wildman–Crippen LogP) is 1.05. The molecule has 0 aliphatic heterocycles. The predicted molar refractivity (Wildman–Crippen MR) is 71.0 cm³/mol. The van der Waals surface area contributed by atoms with Gasteiger partial charge in [-0.25, -0.2) is 0 Å². The van der Waals surface area contributed by atoms with E-state index < -0.39 is 0 Å². The van der Waals surface area contributed by atoms with Crippen molar-refractivity contribution in [2.45, 2.75) is 6.54 Å². The van der Waals surface area contributed by atoms with Gasteiger partial charge in [0.25, 0.3) is 5.56 Å². The Balaban J connectivity index is 2.36. The Morgan fingerprint density at radius 3 is 3.00 bits per heavy atom. The zero-order valence-electron chi connectivity index (χ0n) is 10.2. The summed E-state index contributed by atoms with van der Waals surface area (Å²) in [5.41, 5.74) is 0.487. The van der Waals surface area contributed by atoms with Crippen molar-refractivity contribution in [2.24, 2.45) is 0 Å². The second-order valence-corrected chi connectivity index (χ2v) is 4.55. The first-order valence-electron chi connectivity index (χ1n) is 5.46. The SMILES string of the molecule is CNc1nnc(-c2cccn(CCOC)c2=O)s1. The summed E-state index contributed by atoms with van der Waals surface area (Å²) < 4.78 is 6.58. The topological polar surface area (TPSA) is 69.0 Å². The summed E-state index contributed by atoms with van der Waals surface area (Å²) in [6.45, 7) is 1.03. The Hall–Kier alpha value is -1.73. The highest BCUT2D eigenvalue weighted by Gasteiger charge is 2.10.